The summed E-state index contributed by atoms with van der Waals surface area (Å²) in [6.45, 7) is 0. The molecule has 2 nitrogen and oxygen atoms in total. The van der Waals surface area contributed by atoms with Gasteiger partial charge in [0, 0.05) is 22.3 Å². The molecular formula is C59H39NO. The molecule has 0 saturated heterocycles. The van der Waals surface area contributed by atoms with Crippen molar-refractivity contribution in [2.75, 3.05) is 4.90 Å². The molecule has 0 radical (unpaired) electrons. The summed E-state index contributed by atoms with van der Waals surface area (Å²) in [6, 6.07) is 85.9. The van der Waals surface area contributed by atoms with Gasteiger partial charge in [-0.2, -0.15) is 0 Å². The topological polar surface area (TPSA) is 16.4 Å². The minimum Gasteiger partial charge on any atom is -0.455 e. The van der Waals surface area contributed by atoms with E-state index < -0.39 is 5.41 Å². The minimum absolute atomic E-state index is 0.543. The standard InChI is InChI=1S/C59H39NO/c1-5-17-40(18-6-1)41-29-32-46(33-30-41)60(54-37-36-49(42-19-7-2-8-20-42)58-57(54)56-48-26-14-13-21-43(48)31-38-55(56)61-58)47-34-35-51-50-27-15-16-28-52(50)59(53(51)39-47,44-22-9-3-10-23-44)45-24-11-4-12-25-45/h1-39H. The van der Waals surface area contributed by atoms with Crippen LogP contribution in [0.3, 0.4) is 0 Å². The summed E-state index contributed by atoms with van der Waals surface area (Å²) < 4.78 is 7.02. The van der Waals surface area contributed by atoms with E-state index in [4.69, 9.17) is 4.42 Å². The van der Waals surface area contributed by atoms with Gasteiger partial charge in [0.1, 0.15) is 11.2 Å². The molecule has 12 rings (SSSR count). The molecule has 61 heavy (non-hydrogen) atoms. The van der Waals surface area contributed by atoms with Gasteiger partial charge in [0.15, 0.2) is 0 Å². The van der Waals surface area contributed by atoms with Gasteiger partial charge in [-0.3, -0.25) is 0 Å². The van der Waals surface area contributed by atoms with Gasteiger partial charge in [0.2, 0.25) is 0 Å². The van der Waals surface area contributed by atoms with Crippen LogP contribution in [-0.4, -0.2) is 0 Å². The van der Waals surface area contributed by atoms with E-state index in [2.05, 4.69) is 241 Å². The summed E-state index contributed by atoms with van der Waals surface area (Å²) in [7, 11) is 0. The number of furan rings is 1. The highest BCUT2D eigenvalue weighted by molar-refractivity contribution is 6.25. The molecule has 286 valence electrons. The Morgan fingerprint density at radius 2 is 0.918 bits per heavy atom. The van der Waals surface area contributed by atoms with Crippen molar-refractivity contribution in [1.29, 1.82) is 0 Å². The Morgan fingerprint density at radius 1 is 0.361 bits per heavy atom. The first-order chi connectivity index (χ1) is 30.3. The van der Waals surface area contributed by atoms with E-state index in [1.54, 1.807) is 0 Å². The highest BCUT2D eigenvalue weighted by atomic mass is 16.3. The first kappa shape index (κ1) is 35.0. The number of rotatable bonds is 7. The molecule has 1 heterocycles. The fourth-order valence-corrected chi connectivity index (χ4v) is 10.1. The Bertz CT molecular complexity index is 3350. The maximum atomic E-state index is 7.02. The fourth-order valence-electron chi connectivity index (χ4n) is 10.1. The fraction of sp³-hybridized carbons (Fsp3) is 0.0169. The van der Waals surface area contributed by atoms with Gasteiger partial charge in [0.25, 0.3) is 0 Å². The number of fused-ring (bicyclic) bond motifs is 8. The molecule has 0 spiro atoms. The lowest BCUT2D eigenvalue weighted by atomic mass is 9.67. The molecule has 0 N–H and O–H groups in total. The molecule has 2 heteroatoms. The summed E-state index contributed by atoms with van der Waals surface area (Å²) in [4.78, 5) is 2.45. The second-order valence-corrected chi connectivity index (χ2v) is 16.0. The molecule has 0 unspecified atom stereocenters. The zero-order chi connectivity index (χ0) is 40.3. The van der Waals surface area contributed by atoms with Crippen molar-refractivity contribution in [3.63, 3.8) is 0 Å². The van der Waals surface area contributed by atoms with Gasteiger partial charge >= 0.3 is 0 Å². The van der Waals surface area contributed by atoms with E-state index in [0.717, 1.165) is 50.1 Å². The van der Waals surface area contributed by atoms with Crippen LogP contribution in [0.25, 0.3) is 66.1 Å². The summed E-state index contributed by atoms with van der Waals surface area (Å²) >= 11 is 0. The van der Waals surface area contributed by atoms with Crippen LogP contribution >= 0.6 is 0 Å². The Balaban J connectivity index is 1.18. The monoisotopic (exact) mass is 777 g/mol. The Morgan fingerprint density at radius 3 is 1.64 bits per heavy atom. The molecule has 0 saturated carbocycles. The van der Waals surface area contributed by atoms with E-state index in [9.17, 15) is 0 Å². The van der Waals surface area contributed by atoms with Crippen molar-refractivity contribution < 1.29 is 4.42 Å². The molecular weight excluding hydrogens is 739 g/mol. The van der Waals surface area contributed by atoms with Crippen LogP contribution < -0.4 is 4.90 Å². The molecule has 11 aromatic rings. The second-order valence-electron chi connectivity index (χ2n) is 16.0. The second kappa shape index (κ2) is 14.1. The van der Waals surface area contributed by atoms with Crippen LogP contribution in [-0.2, 0) is 5.41 Å². The number of hydrogen-bond donors (Lipinski definition) is 0. The summed E-state index contributed by atoms with van der Waals surface area (Å²) in [5, 5.41) is 4.55. The van der Waals surface area contributed by atoms with Crippen LogP contribution in [0.5, 0.6) is 0 Å². The molecule has 0 bridgehead atoms. The van der Waals surface area contributed by atoms with Crippen LogP contribution in [0.2, 0.25) is 0 Å². The SMILES string of the molecule is c1ccc(-c2ccc(N(c3ccc4c(c3)C(c3ccccc3)(c3ccccc3)c3ccccc3-4)c3ccc(-c4ccccc4)c4oc5ccc6ccccc6c5c34)cc2)cc1. The zero-order valence-electron chi connectivity index (χ0n) is 33.4. The van der Waals surface area contributed by atoms with Gasteiger partial charge in [-0.15, -0.1) is 0 Å². The summed E-state index contributed by atoms with van der Waals surface area (Å²) in [5.74, 6) is 0. The van der Waals surface area contributed by atoms with E-state index in [1.807, 2.05) is 0 Å². The molecule has 1 aliphatic rings. The molecule has 0 fully saturated rings. The van der Waals surface area contributed by atoms with Crippen molar-refractivity contribution in [2.45, 2.75) is 5.41 Å². The van der Waals surface area contributed by atoms with Gasteiger partial charge < -0.3 is 9.32 Å². The largest absolute Gasteiger partial charge is 0.455 e. The Hall–Kier alpha value is -7.94. The number of benzene rings is 10. The van der Waals surface area contributed by atoms with Crippen molar-refractivity contribution in [1.82, 2.24) is 0 Å². The van der Waals surface area contributed by atoms with Gasteiger partial charge in [0.05, 0.1) is 16.5 Å². The molecule has 0 atom stereocenters. The molecule has 10 aromatic carbocycles. The van der Waals surface area contributed by atoms with E-state index in [0.29, 0.717) is 0 Å². The highest BCUT2D eigenvalue weighted by Crippen LogP contribution is 2.58. The molecule has 0 amide bonds. The first-order valence-electron chi connectivity index (χ1n) is 21.0. The van der Waals surface area contributed by atoms with Crippen LogP contribution in [0.15, 0.2) is 241 Å². The Labute approximate surface area is 355 Å². The first-order valence-corrected chi connectivity index (χ1v) is 21.0. The third kappa shape index (κ3) is 5.43. The average molecular weight is 778 g/mol. The number of hydrogen-bond acceptors (Lipinski definition) is 2. The normalized spacial score (nSPS) is 12.7. The third-order valence-electron chi connectivity index (χ3n) is 12.7. The minimum atomic E-state index is -0.543. The van der Waals surface area contributed by atoms with Crippen molar-refractivity contribution >= 4 is 49.8 Å². The van der Waals surface area contributed by atoms with E-state index in [-0.39, 0.29) is 0 Å². The van der Waals surface area contributed by atoms with Crippen LogP contribution in [0, 0.1) is 0 Å². The molecule has 1 aliphatic carbocycles. The smallest absolute Gasteiger partial charge is 0.145 e. The quantitative estimate of drug-likeness (QED) is 0.160. The zero-order valence-corrected chi connectivity index (χ0v) is 33.4. The van der Waals surface area contributed by atoms with Crippen LogP contribution in [0.1, 0.15) is 22.3 Å². The number of nitrogens with zero attached hydrogens (tertiary/aromatic N) is 1. The molecule has 1 aromatic heterocycles. The lowest BCUT2D eigenvalue weighted by molar-refractivity contribution is 0.670. The highest BCUT2D eigenvalue weighted by Gasteiger charge is 2.46. The van der Waals surface area contributed by atoms with Crippen molar-refractivity contribution in [2.24, 2.45) is 0 Å². The lowest BCUT2D eigenvalue weighted by Crippen LogP contribution is -2.28. The van der Waals surface area contributed by atoms with E-state index >= 15 is 0 Å². The number of anilines is 3. The van der Waals surface area contributed by atoms with Crippen molar-refractivity contribution in [3.05, 3.63) is 259 Å². The van der Waals surface area contributed by atoms with E-state index in [1.165, 1.54) is 55.3 Å². The Kier molecular flexibility index (Phi) is 8.11. The lowest BCUT2D eigenvalue weighted by Gasteiger charge is -2.35. The maximum Gasteiger partial charge on any atom is 0.145 e. The van der Waals surface area contributed by atoms with Gasteiger partial charge in [-0.25, -0.2) is 0 Å². The molecule has 0 aliphatic heterocycles. The summed E-state index contributed by atoms with van der Waals surface area (Å²) in [6.07, 6.45) is 0. The third-order valence-corrected chi connectivity index (χ3v) is 12.7. The van der Waals surface area contributed by atoms with Crippen molar-refractivity contribution in [3.8, 4) is 33.4 Å². The van der Waals surface area contributed by atoms with Crippen LogP contribution in [0.4, 0.5) is 17.1 Å². The predicted octanol–water partition coefficient (Wildman–Crippen LogP) is 15.9. The average Bonchev–Trinajstić information content (AvgIpc) is 3.88. The predicted molar refractivity (Wildman–Crippen MR) is 254 cm³/mol. The maximum absolute atomic E-state index is 7.02. The van der Waals surface area contributed by atoms with Gasteiger partial charge in [-0.05, 0) is 103 Å². The van der Waals surface area contributed by atoms with Gasteiger partial charge in [-0.1, -0.05) is 194 Å². The summed E-state index contributed by atoms with van der Waals surface area (Å²) in [5.41, 5.74) is 16.5.